The van der Waals surface area contributed by atoms with Crippen molar-refractivity contribution in [2.75, 3.05) is 6.79 Å². The number of carboxylic acids is 1. The first kappa shape index (κ1) is 13.0. The van der Waals surface area contributed by atoms with Crippen LogP contribution in [0.1, 0.15) is 10.4 Å². The summed E-state index contributed by atoms with van der Waals surface area (Å²) in [6.07, 6.45) is 1.57. The number of benzene rings is 1. The summed E-state index contributed by atoms with van der Waals surface area (Å²) < 4.78 is 10.5. The molecule has 0 fully saturated rings. The second kappa shape index (κ2) is 5.19. The number of carboxylic acid groups (broad SMARTS) is 1. The van der Waals surface area contributed by atoms with Gasteiger partial charge < -0.3 is 14.6 Å². The molecule has 1 aromatic carbocycles. The Morgan fingerprint density at radius 2 is 2.25 bits per heavy atom. The van der Waals surface area contributed by atoms with Gasteiger partial charge in [-0.2, -0.15) is 0 Å². The van der Waals surface area contributed by atoms with E-state index in [0.717, 1.165) is 0 Å². The second-order valence-electron chi connectivity index (χ2n) is 4.08. The minimum atomic E-state index is -0.985. The first-order valence-electron chi connectivity index (χ1n) is 5.73. The molecule has 4 nitrogen and oxygen atoms in total. The number of fused-ring (bicyclic) bond motifs is 1. The number of hydrogen-bond acceptors (Lipinski definition) is 4. The molecule has 0 aliphatic carbocycles. The minimum absolute atomic E-state index is 0.124. The van der Waals surface area contributed by atoms with Gasteiger partial charge in [0.15, 0.2) is 11.5 Å². The Kier molecular flexibility index (Phi) is 3.38. The van der Waals surface area contributed by atoms with E-state index >= 15 is 0 Å². The van der Waals surface area contributed by atoms with Gasteiger partial charge in [-0.25, -0.2) is 4.79 Å². The van der Waals surface area contributed by atoms with Crippen LogP contribution in [0.2, 0.25) is 5.02 Å². The van der Waals surface area contributed by atoms with Crippen LogP contribution in [-0.2, 0) is 4.79 Å². The van der Waals surface area contributed by atoms with Crippen LogP contribution in [0.25, 0.3) is 11.6 Å². The van der Waals surface area contributed by atoms with Crippen LogP contribution in [0.4, 0.5) is 0 Å². The molecule has 1 aliphatic heterocycles. The molecule has 0 saturated carbocycles. The molecule has 3 rings (SSSR count). The Morgan fingerprint density at radius 3 is 2.95 bits per heavy atom. The van der Waals surface area contributed by atoms with E-state index in [2.05, 4.69) is 0 Å². The normalized spacial score (nSPS) is 13.6. The summed E-state index contributed by atoms with van der Waals surface area (Å²) in [5, 5.41) is 11.6. The Bertz CT molecular complexity index is 691. The molecule has 2 aromatic rings. The zero-order chi connectivity index (χ0) is 14.1. The molecule has 1 N–H and O–H groups in total. The van der Waals surface area contributed by atoms with E-state index in [1.54, 1.807) is 24.3 Å². The van der Waals surface area contributed by atoms with Crippen LogP contribution in [0.15, 0.2) is 29.6 Å². The highest BCUT2D eigenvalue weighted by Crippen LogP contribution is 2.40. The number of thiophene rings is 1. The Hall–Kier alpha value is -1.98. The van der Waals surface area contributed by atoms with E-state index in [1.807, 2.05) is 11.4 Å². The molecule has 1 aromatic heterocycles. The van der Waals surface area contributed by atoms with Crippen molar-refractivity contribution in [3.8, 4) is 11.5 Å². The molecule has 0 saturated heterocycles. The smallest absolute Gasteiger partial charge is 0.337 e. The van der Waals surface area contributed by atoms with Crippen molar-refractivity contribution in [2.24, 2.45) is 0 Å². The maximum Gasteiger partial charge on any atom is 0.337 e. The third kappa shape index (κ3) is 2.37. The minimum Gasteiger partial charge on any atom is -0.478 e. The van der Waals surface area contributed by atoms with Crippen LogP contribution in [-0.4, -0.2) is 17.9 Å². The van der Waals surface area contributed by atoms with Gasteiger partial charge in [0.25, 0.3) is 0 Å². The van der Waals surface area contributed by atoms with Gasteiger partial charge >= 0.3 is 5.97 Å². The van der Waals surface area contributed by atoms with Gasteiger partial charge in [0.05, 0.1) is 10.6 Å². The molecule has 0 atom stereocenters. The quantitative estimate of drug-likeness (QED) is 0.877. The maximum absolute atomic E-state index is 11.4. The Morgan fingerprint density at radius 1 is 1.40 bits per heavy atom. The Balaban J connectivity index is 2.06. The van der Waals surface area contributed by atoms with Gasteiger partial charge in [0.2, 0.25) is 6.79 Å². The number of halogens is 1. The fraction of sp³-hybridized carbons (Fsp3) is 0.0714. The van der Waals surface area contributed by atoms with Gasteiger partial charge in [-0.05, 0) is 35.2 Å². The van der Waals surface area contributed by atoms with Gasteiger partial charge in [0, 0.05) is 4.88 Å². The van der Waals surface area contributed by atoms with Crippen molar-refractivity contribution >= 4 is 40.6 Å². The average Bonchev–Trinajstić information content (AvgIpc) is 3.06. The standard InChI is InChI=1S/C14H9ClO4S/c15-10-5-8(6-11-13(10)19-7-18-11)4-9(14(16)17)12-2-1-3-20-12/h1-6H,7H2,(H,16,17)/b9-4-. The first-order valence-corrected chi connectivity index (χ1v) is 6.99. The molecule has 0 radical (unpaired) electrons. The topological polar surface area (TPSA) is 55.8 Å². The largest absolute Gasteiger partial charge is 0.478 e. The average molecular weight is 309 g/mol. The predicted molar refractivity (Wildman–Crippen MR) is 77.4 cm³/mol. The lowest BCUT2D eigenvalue weighted by Gasteiger charge is -2.03. The zero-order valence-electron chi connectivity index (χ0n) is 10.1. The van der Waals surface area contributed by atoms with Crippen LogP contribution >= 0.6 is 22.9 Å². The lowest BCUT2D eigenvalue weighted by molar-refractivity contribution is -0.130. The summed E-state index contributed by atoms with van der Waals surface area (Å²) in [4.78, 5) is 12.1. The molecular weight excluding hydrogens is 300 g/mol. The lowest BCUT2D eigenvalue weighted by atomic mass is 10.1. The fourth-order valence-corrected chi connectivity index (χ4v) is 2.92. The molecule has 102 valence electrons. The van der Waals surface area contributed by atoms with E-state index < -0.39 is 5.97 Å². The van der Waals surface area contributed by atoms with Crippen LogP contribution in [0.5, 0.6) is 11.5 Å². The predicted octanol–water partition coefficient (Wildman–Crippen LogP) is 3.76. The molecular formula is C14H9ClO4S. The third-order valence-corrected chi connectivity index (χ3v) is 3.96. The van der Waals surface area contributed by atoms with Crippen molar-refractivity contribution in [3.63, 3.8) is 0 Å². The van der Waals surface area contributed by atoms with E-state index in [1.165, 1.54) is 11.3 Å². The highest BCUT2D eigenvalue weighted by Gasteiger charge is 2.19. The molecule has 0 spiro atoms. The Labute approximate surface area is 123 Å². The van der Waals surface area contributed by atoms with Crippen molar-refractivity contribution in [2.45, 2.75) is 0 Å². The summed E-state index contributed by atoms with van der Waals surface area (Å²) in [5.74, 6) is 0.0396. The highest BCUT2D eigenvalue weighted by molar-refractivity contribution is 7.11. The van der Waals surface area contributed by atoms with Crippen LogP contribution < -0.4 is 9.47 Å². The maximum atomic E-state index is 11.4. The molecule has 6 heteroatoms. The number of rotatable bonds is 3. The lowest BCUT2D eigenvalue weighted by Crippen LogP contribution is -1.97. The molecule has 0 unspecified atom stereocenters. The van der Waals surface area contributed by atoms with Crippen molar-refractivity contribution in [1.82, 2.24) is 0 Å². The third-order valence-electron chi connectivity index (χ3n) is 2.78. The number of ether oxygens (including phenoxy) is 2. The number of aliphatic carboxylic acids is 1. The van der Waals surface area contributed by atoms with Crippen molar-refractivity contribution in [1.29, 1.82) is 0 Å². The van der Waals surface area contributed by atoms with E-state index in [-0.39, 0.29) is 12.4 Å². The fourth-order valence-electron chi connectivity index (χ4n) is 1.91. The number of hydrogen-bond donors (Lipinski definition) is 1. The van der Waals surface area contributed by atoms with Crippen molar-refractivity contribution < 1.29 is 19.4 Å². The summed E-state index contributed by atoms with van der Waals surface area (Å²) >= 11 is 7.45. The number of carbonyl (C=O) groups is 1. The summed E-state index contributed by atoms with van der Waals surface area (Å²) in [6, 6.07) is 6.94. The van der Waals surface area contributed by atoms with Crippen LogP contribution in [0.3, 0.4) is 0 Å². The summed E-state index contributed by atoms with van der Waals surface area (Å²) in [7, 11) is 0. The molecule has 20 heavy (non-hydrogen) atoms. The van der Waals surface area contributed by atoms with Gasteiger partial charge in [-0.15, -0.1) is 11.3 Å². The van der Waals surface area contributed by atoms with Gasteiger partial charge in [-0.3, -0.25) is 0 Å². The van der Waals surface area contributed by atoms with E-state index in [9.17, 15) is 9.90 Å². The molecule has 0 bridgehead atoms. The molecule has 2 heterocycles. The zero-order valence-corrected chi connectivity index (χ0v) is 11.7. The van der Waals surface area contributed by atoms with E-state index in [4.69, 9.17) is 21.1 Å². The van der Waals surface area contributed by atoms with E-state index in [0.29, 0.717) is 27.0 Å². The van der Waals surface area contributed by atoms with Crippen molar-refractivity contribution in [3.05, 3.63) is 45.1 Å². The molecule has 0 amide bonds. The van der Waals surface area contributed by atoms with Gasteiger partial charge in [-0.1, -0.05) is 17.7 Å². The summed E-state index contributed by atoms with van der Waals surface area (Å²) in [6.45, 7) is 0.124. The van der Waals surface area contributed by atoms with Crippen LogP contribution in [0, 0.1) is 0 Å². The van der Waals surface area contributed by atoms with Gasteiger partial charge in [0.1, 0.15) is 0 Å². The highest BCUT2D eigenvalue weighted by atomic mass is 35.5. The summed E-state index contributed by atoms with van der Waals surface area (Å²) in [5.41, 5.74) is 0.875. The monoisotopic (exact) mass is 308 g/mol. The first-order chi connectivity index (χ1) is 9.65. The molecule has 1 aliphatic rings. The second-order valence-corrected chi connectivity index (χ2v) is 5.43. The SMILES string of the molecule is O=C(O)/C(=C\c1cc(Cl)c2c(c1)OCO2)c1cccs1.